The van der Waals surface area contributed by atoms with E-state index in [0.717, 1.165) is 0 Å². The fraction of sp³-hybridized carbons (Fsp3) is 0.429. The van der Waals surface area contributed by atoms with E-state index in [1.54, 1.807) is 30.2 Å². The van der Waals surface area contributed by atoms with Gasteiger partial charge in [-0.1, -0.05) is 23.2 Å². The van der Waals surface area contributed by atoms with Gasteiger partial charge in [-0.15, -0.1) is 0 Å². The molecule has 1 atom stereocenters. The normalized spacial score (nSPS) is 18.1. The number of amides is 2. The Kier molecular flexibility index (Phi) is 5.45. The van der Waals surface area contributed by atoms with Gasteiger partial charge in [0.15, 0.2) is 0 Å². The summed E-state index contributed by atoms with van der Waals surface area (Å²) in [5.41, 5.74) is 0.615. The Hall–Kier alpha value is -1.30. The van der Waals surface area contributed by atoms with Crippen molar-refractivity contribution in [2.45, 2.75) is 6.42 Å². The number of methoxy groups -OCH3 is 1. The minimum atomic E-state index is -0.368. The van der Waals surface area contributed by atoms with Crippen LogP contribution in [0.1, 0.15) is 6.42 Å². The van der Waals surface area contributed by atoms with Gasteiger partial charge in [-0.2, -0.15) is 0 Å². The first-order valence-electron chi connectivity index (χ1n) is 6.54. The van der Waals surface area contributed by atoms with E-state index in [1.807, 2.05) is 0 Å². The molecule has 0 spiro atoms. The Labute approximate surface area is 133 Å². The molecule has 1 fully saturated rings. The van der Waals surface area contributed by atoms with Gasteiger partial charge in [-0.05, 0) is 18.2 Å². The number of benzene rings is 1. The number of hydrogen-bond acceptors (Lipinski definition) is 3. The molecule has 1 saturated heterocycles. The van der Waals surface area contributed by atoms with Crippen LogP contribution in [0.15, 0.2) is 18.2 Å². The number of nitrogens with zero attached hydrogens (tertiary/aromatic N) is 1. The van der Waals surface area contributed by atoms with Gasteiger partial charge in [0.05, 0.1) is 12.5 Å². The lowest BCUT2D eigenvalue weighted by molar-refractivity contribution is -0.126. The van der Waals surface area contributed by atoms with Crippen molar-refractivity contribution in [2.24, 2.45) is 5.92 Å². The van der Waals surface area contributed by atoms with Crippen LogP contribution in [0.4, 0.5) is 5.69 Å². The first-order valence-corrected chi connectivity index (χ1v) is 7.30. The van der Waals surface area contributed by atoms with Gasteiger partial charge in [-0.3, -0.25) is 9.59 Å². The molecule has 21 heavy (non-hydrogen) atoms. The maximum absolute atomic E-state index is 12.1. The molecule has 0 bridgehead atoms. The molecule has 0 aromatic heterocycles. The Morgan fingerprint density at radius 1 is 1.38 bits per heavy atom. The van der Waals surface area contributed by atoms with Crippen LogP contribution in [-0.2, 0) is 14.3 Å². The van der Waals surface area contributed by atoms with Crippen LogP contribution in [0, 0.1) is 5.92 Å². The fourth-order valence-corrected chi connectivity index (χ4v) is 2.76. The van der Waals surface area contributed by atoms with Crippen molar-refractivity contribution in [1.82, 2.24) is 5.32 Å². The van der Waals surface area contributed by atoms with E-state index in [1.165, 1.54) is 0 Å². The van der Waals surface area contributed by atoms with Crippen molar-refractivity contribution in [3.8, 4) is 0 Å². The van der Waals surface area contributed by atoms with Gasteiger partial charge >= 0.3 is 0 Å². The topological polar surface area (TPSA) is 58.6 Å². The largest absolute Gasteiger partial charge is 0.383 e. The van der Waals surface area contributed by atoms with Crippen molar-refractivity contribution < 1.29 is 14.3 Å². The zero-order chi connectivity index (χ0) is 15.4. The average molecular weight is 331 g/mol. The van der Waals surface area contributed by atoms with Crippen LogP contribution in [0.5, 0.6) is 0 Å². The Bertz CT molecular complexity index is 531. The van der Waals surface area contributed by atoms with Gasteiger partial charge in [0.2, 0.25) is 11.8 Å². The Morgan fingerprint density at radius 2 is 2.05 bits per heavy atom. The second-order valence-electron chi connectivity index (χ2n) is 4.82. The first-order chi connectivity index (χ1) is 10.0. The molecule has 1 aromatic rings. The molecule has 0 radical (unpaired) electrons. The average Bonchev–Trinajstić information content (AvgIpc) is 2.80. The minimum Gasteiger partial charge on any atom is -0.383 e. The number of ether oxygens (including phenoxy) is 1. The maximum atomic E-state index is 12.1. The quantitative estimate of drug-likeness (QED) is 0.841. The summed E-state index contributed by atoms with van der Waals surface area (Å²) >= 11 is 11.9. The summed E-state index contributed by atoms with van der Waals surface area (Å²) in [4.78, 5) is 25.6. The Morgan fingerprint density at radius 3 is 2.67 bits per heavy atom. The molecule has 1 aromatic carbocycles. The zero-order valence-corrected chi connectivity index (χ0v) is 13.1. The summed E-state index contributed by atoms with van der Waals surface area (Å²) in [6, 6.07) is 4.93. The molecular weight excluding hydrogens is 315 g/mol. The van der Waals surface area contributed by atoms with E-state index in [9.17, 15) is 9.59 Å². The molecule has 1 aliphatic rings. The summed E-state index contributed by atoms with van der Waals surface area (Å²) < 4.78 is 4.87. The van der Waals surface area contributed by atoms with E-state index < -0.39 is 0 Å². The third-order valence-electron chi connectivity index (χ3n) is 3.26. The lowest BCUT2D eigenvalue weighted by Gasteiger charge is -2.17. The molecular formula is C14H16Cl2N2O3. The number of anilines is 1. The molecule has 0 saturated carbocycles. The van der Waals surface area contributed by atoms with Gasteiger partial charge in [0, 0.05) is 42.4 Å². The van der Waals surface area contributed by atoms with Crippen LogP contribution in [0.25, 0.3) is 0 Å². The van der Waals surface area contributed by atoms with Gasteiger partial charge in [0.1, 0.15) is 0 Å². The minimum absolute atomic E-state index is 0.111. The molecule has 1 unspecified atom stereocenters. The molecule has 5 nitrogen and oxygen atoms in total. The number of nitrogens with one attached hydrogen (secondary N) is 1. The van der Waals surface area contributed by atoms with Crippen molar-refractivity contribution in [3.63, 3.8) is 0 Å². The van der Waals surface area contributed by atoms with Crippen molar-refractivity contribution >= 4 is 40.7 Å². The molecule has 114 valence electrons. The summed E-state index contributed by atoms with van der Waals surface area (Å²) in [6.45, 7) is 1.21. The van der Waals surface area contributed by atoms with E-state index >= 15 is 0 Å². The first kappa shape index (κ1) is 16.1. The monoisotopic (exact) mass is 330 g/mol. The van der Waals surface area contributed by atoms with Gasteiger partial charge in [-0.25, -0.2) is 0 Å². The fourth-order valence-electron chi connectivity index (χ4n) is 2.25. The second-order valence-corrected chi connectivity index (χ2v) is 5.69. The van der Waals surface area contributed by atoms with Crippen molar-refractivity contribution in [3.05, 3.63) is 28.2 Å². The molecule has 0 aliphatic carbocycles. The van der Waals surface area contributed by atoms with E-state index in [-0.39, 0.29) is 24.2 Å². The lowest BCUT2D eigenvalue weighted by Crippen LogP contribution is -2.34. The smallest absolute Gasteiger partial charge is 0.227 e. The van der Waals surface area contributed by atoms with E-state index in [4.69, 9.17) is 27.9 Å². The molecule has 2 amide bonds. The molecule has 1 aliphatic heterocycles. The lowest BCUT2D eigenvalue weighted by atomic mass is 10.1. The molecule has 1 heterocycles. The highest BCUT2D eigenvalue weighted by atomic mass is 35.5. The molecule has 7 heteroatoms. The van der Waals surface area contributed by atoms with Crippen LogP contribution in [0.2, 0.25) is 10.0 Å². The number of hydrogen-bond donors (Lipinski definition) is 1. The highest BCUT2D eigenvalue weighted by Gasteiger charge is 2.35. The predicted molar refractivity (Wildman–Crippen MR) is 81.8 cm³/mol. The summed E-state index contributed by atoms with van der Waals surface area (Å²) in [5.74, 6) is -0.622. The Balaban J connectivity index is 2.04. The summed E-state index contributed by atoms with van der Waals surface area (Å²) in [7, 11) is 1.57. The van der Waals surface area contributed by atoms with Crippen LogP contribution < -0.4 is 10.2 Å². The number of carbonyl (C=O) groups excluding carboxylic acids is 2. The highest BCUT2D eigenvalue weighted by Crippen LogP contribution is 2.30. The predicted octanol–water partition coefficient (Wildman–Crippen LogP) is 2.11. The van der Waals surface area contributed by atoms with Crippen LogP contribution in [-0.4, -0.2) is 38.6 Å². The third kappa shape index (κ3) is 4.09. The van der Waals surface area contributed by atoms with Crippen LogP contribution in [0.3, 0.4) is 0 Å². The standard InChI is InChI=1S/C14H16Cl2N2O3/c1-21-3-2-17-14(20)9-4-13(19)18(8-9)12-6-10(15)5-11(16)7-12/h5-7,9H,2-4,8H2,1H3,(H,17,20). The molecule has 1 N–H and O–H groups in total. The number of rotatable bonds is 5. The zero-order valence-electron chi connectivity index (χ0n) is 11.6. The SMILES string of the molecule is COCCNC(=O)C1CC(=O)N(c2cc(Cl)cc(Cl)c2)C1. The number of halogens is 2. The summed E-state index contributed by atoms with van der Waals surface area (Å²) in [6.07, 6.45) is 0.183. The number of carbonyl (C=O) groups is 2. The third-order valence-corrected chi connectivity index (χ3v) is 3.70. The van der Waals surface area contributed by atoms with Crippen molar-refractivity contribution in [1.29, 1.82) is 0 Å². The highest BCUT2D eigenvalue weighted by molar-refractivity contribution is 6.35. The summed E-state index contributed by atoms with van der Waals surface area (Å²) in [5, 5.41) is 3.66. The van der Waals surface area contributed by atoms with E-state index in [0.29, 0.717) is 35.4 Å². The second kappa shape index (κ2) is 7.11. The van der Waals surface area contributed by atoms with E-state index in [2.05, 4.69) is 5.32 Å². The van der Waals surface area contributed by atoms with Crippen molar-refractivity contribution in [2.75, 3.05) is 31.7 Å². The van der Waals surface area contributed by atoms with Gasteiger partial charge < -0.3 is 15.0 Å². The maximum Gasteiger partial charge on any atom is 0.227 e. The molecule has 2 rings (SSSR count). The van der Waals surface area contributed by atoms with Crippen LogP contribution >= 0.6 is 23.2 Å². The van der Waals surface area contributed by atoms with Gasteiger partial charge in [0.25, 0.3) is 0 Å².